The van der Waals surface area contributed by atoms with E-state index in [0.29, 0.717) is 5.92 Å². The van der Waals surface area contributed by atoms with E-state index in [0.717, 1.165) is 30.2 Å². The first-order valence-corrected chi connectivity index (χ1v) is 9.11. The maximum absolute atomic E-state index is 6.18. The van der Waals surface area contributed by atoms with Crippen LogP contribution in [0.25, 0.3) is 0 Å². The van der Waals surface area contributed by atoms with E-state index in [1.54, 1.807) is 0 Å². The molecule has 3 rings (SSSR count). The van der Waals surface area contributed by atoms with Gasteiger partial charge in [-0.2, -0.15) is 11.8 Å². The second-order valence-electron chi connectivity index (χ2n) is 6.23. The second kappa shape index (κ2) is 6.47. The average Bonchev–Trinajstić information content (AvgIpc) is 2.91. The van der Waals surface area contributed by atoms with Gasteiger partial charge in [-0.1, -0.05) is 17.7 Å². The molecule has 3 nitrogen and oxygen atoms in total. The molecular weight excluding hydrogens is 304 g/mol. The van der Waals surface area contributed by atoms with E-state index in [1.807, 2.05) is 23.9 Å². The van der Waals surface area contributed by atoms with Crippen molar-refractivity contribution in [2.75, 3.05) is 18.1 Å². The average molecular weight is 327 g/mol. The van der Waals surface area contributed by atoms with E-state index >= 15 is 0 Å². The highest BCUT2D eigenvalue weighted by molar-refractivity contribution is 7.99. The summed E-state index contributed by atoms with van der Waals surface area (Å²) >= 11 is 8.19. The van der Waals surface area contributed by atoms with Crippen LogP contribution < -0.4 is 11.3 Å². The van der Waals surface area contributed by atoms with E-state index in [-0.39, 0.29) is 11.6 Å². The van der Waals surface area contributed by atoms with Crippen molar-refractivity contribution in [2.45, 2.75) is 37.8 Å². The molecule has 1 aromatic carbocycles. The van der Waals surface area contributed by atoms with E-state index in [4.69, 9.17) is 22.2 Å². The van der Waals surface area contributed by atoms with Crippen LogP contribution in [0.15, 0.2) is 18.2 Å². The minimum absolute atomic E-state index is 0.0785. The quantitative estimate of drug-likeness (QED) is 0.659. The third-order valence-electron chi connectivity index (χ3n) is 4.83. The third kappa shape index (κ3) is 3.25. The molecule has 0 radical (unpaired) electrons. The fourth-order valence-electron chi connectivity index (χ4n) is 3.64. The summed E-state index contributed by atoms with van der Waals surface area (Å²) < 4.78 is 6.13. The molecule has 0 amide bonds. The highest BCUT2D eigenvalue weighted by Crippen LogP contribution is 2.44. The lowest BCUT2D eigenvalue weighted by Crippen LogP contribution is -2.45. The molecule has 3 N–H and O–H groups in total. The lowest BCUT2D eigenvalue weighted by molar-refractivity contribution is -0.0854. The molecule has 2 saturated heterocycles. The van der Waals surface area contributed by atoms with Gasteiger partial charge in [0.15, 0.2) is 0 Å². The van der Waals surface area contributed by atoms with Crippen LogP contribution in [0, 0.1) is 12.8 Å². The number of thioether (sulfide) groups is 1. The number of nitrogens with one attached hydrogen (secondary N) is 1. The standard InChI is InChI=1S/C16H23ClN2OS/c1-11-2-3-13(17)8-14(11)15(19-18)12-4-6-20-16(9-12)5-7-21-10-16/h2-3,8,12,15,19H,4-7,9-10,18H2,1H3. The Bertz CT molecular complexity index is 505. The number of nitrogens with two attached hydrogens (primary N) is 1. The SMILES string of the molecule is Cc1ccc(Cl)cc1C(NN)C1CCOC2(CCSC2)C1. The highest BCUT2D eigenvalue weighted by Gasteiger charge is 2.42. The van der Waals surface area contributed by atoms with Gasteiger partial charge in [0.25, 0.3) is 0 Å². The van der Waals surface area contributed by atoms with Crippen molar-refractivity contribution < 1.29 is 4.74 Å². The van der Waals surface area contributed by atoms with E-state index in [1.165, 1.54) is 23.3 Å². The predicted octanol–water partition coefficient (Wildman–Crippen LogP) is 3.46. The summed E-state index contributed by atoms with van der Waals surface area (Å²) in [7, 11) is 0. The lowest BCUT2D eigenvalue weighted by Gasteiger charge is -2.41. The van der Waals surface area contributed by atoms with Crippen LogP contribution in [0.4, 0.5) is 0 Å². The Morgan fingerprint density at radius 2 is 2.38 bits per heavy atom. The third-order valence-corrected chi connectivity index (χ3v) is 6.28. The van der Waals surface area contributed by atoms with Gasteiger partial charge in [-0.15, -0.1) is 0 Å². The first kappa shape index (κ1) is 15.6. The second-order valence-corrected chi connectivity index (χ2v) is 7.77. The van der Waals surface area contributed by atoms with Gasteiger partial charge in [-0.05, 0) is 61.1 Å². The first-order valence-electron chi connectivity index (χ1n) is 7.57. The van der Waals surface area contributed by atoms with Crippen LogP contribution in [-0.2, 0) is 4.74 Å². The van der Waals surface area contributed by atoms with Crippen LogP contribution in [0.2, 0.25) is 5.02 Å². The minimum atomic E-state index is 0.0785. The van der Waals surface area contributed by atoms with Gasteiger partial charge in [0, 0.05) is 23.4 Å². The van der Waals surface area contributed by atoms with E-state index in [2.05, 4.69) is 18.4 Å². The lowest BCUT2D eigenvalue weighted by atomic mass is 9.78. The molecule has 0 aliphatic carbocycles. The van der Waals surface area contributed by atoms with Crippen molar-refractivity contribution in [1.29, 1.82) is 0 Å². The Morgan fingerprint density at radius 3 is 3.10 bits per heavy atom. The normalized spacial score (nSPS) is 30.7. The molecule has 3 atom stereocenters. The van der Waals surface area contributed by atoms with Crippen LogP contribution in [0.5, 0.6) is 0 Å². The Kier molecular flexibility index (Phi) is 4.81. The maximum atomic E-state index is 6.18. The molecule has 1 spiro atoms. The van der Waals surface area contributed by atoms with Crippen molar-refractivity contribution >= 4 is 23.4 Å². The molecule has 3 unspecified atom stereocenters. The summed E-state index contributed by atoms with van der Waals surface area (Å²) in [5, 5.41) is 0.772. The molecule has 0 saturated carbocycles. The summed E-state index contributed by atoms with van der Waals surface area (Å²) in [6.07, 6.45) is 3.30. The fraction of sp³-hybridized carbons (Fsp3) is 0.625. The van der Waals surface area contributed by atoms with Gasteiger partial charge in [-0.25, -0.2) is 0 Å². The van der Waals surface area contributed by atoms with Gasteiger partial charge in [0.1, 0.15) is 0 Å². The first-order chi connectivity index (χ1) is 10.1. The van der Waals surface area contributed by atoms with Crippen molar-refractivity contribution in [1.82, 2.24) is 5.43 Å². The molecular formula is C16H23ClN2OS. The molecule has 2 fully saturated rings. The monoisotopic (exact) mass is 326 g/mol. The van der Waals surface area contributed by atoms with Crippen molar-refractivity contribution in [3.8, 4) is 0 Å². The van der Waals surface area contributed by atoms with Crippen LogP contribution >= 0.6 is 23.4 Å². The zero-order valence-corrected chi connectivity index (χ0v) is 14.0. The number of benzene rings is 1. The fourth-order valence-corrected chi connectivity index (χ4v) is 5.20. The zero-order chi connectivity index (χ0) is 14.9. The summed E-state index contributed by atoms with van der Waals surface area (Å²) in [5.74, 6) is 8.73. The number of hydrogen-bond donors (Lipinski definition) is 2. The molecule has 2 aliphatic heterocycles. The molecule has 2 aliphatic rings. The molecule has 5 heteroatoms. The van der Waals surface area contributed by atoms with Gasteiger partial charge < -0.3 is 4.74 Å². The summed E-state index contributed by atoms with van der Waals surface area (Å²) in [5.41, 5.74) is 5.58. The summed E-state index contributed by atoms with van der Waals surface area (Å²) in [6, 6.07) is 6.21. The van der Waals surface area contributed by atoms with Gasteiger partial charge in [0.05, 0.1) is 5.60 Å². The summed E-state index contributed by atoms with van der Waals surface area (Å²) in [4.78, 5) is 0. The molecule has 2 heterocycles. The molecule has 1 aromatic rings. The van der Waals surface area contributed by atoms with Crippen LogP contribution in [0.1, 0.15) is 36.4 Å². The Balaban J connectivity index is 1.84. The molecule has 0 bridgehead atoms. The number of aryl methyl sites for hydroxylation is 1. The summed E-state index contributed by atoms with van der Waals surface area (Å²) in [6.45, 7) is 2.96. The Labute approximate surface area is 135 Å². The van der Waals surface area contributed by atoms with Crippen LogP contribution in [-0.4, -0.2) is 23.7 Å². The smallest absolute Gasteiger partial charge is 0.0783 e. The number of hydrogen-bond acceptors (Lipinski definition) is 4. The van der Waals surface area contributed by atoms with E-state index in [9.17, 15) is 0 Å². The number of rotatable bonds is 3. The van der Waals surface area contributed by atoms with E-state index < -0.39 is 0 Å². The maximum Gasteiger partial charge on any atom is 0.0783 e. The largest absolute Gasteiger partial charge is 0.374 e. The van der Waals surface area contributed by atoms with Crippen LogP contribution in [0.3, 0.4) is 0 Å². The predicted molar refractivity (Wildman–Crippen MR) is 89.6 cm³/mol. The molecule has 0 aromatic heterocycles. The van der Waals surface area contributed by atoms with Gasteiger partial charge >= 0.3 is 0 Å². The zero-order valence-electron chi connectivity index (χ0n) is 12.4. The number of halogens is 1. The number of hydrazine groups is 1. The van der Waals surface area contributed by atoms with Crippen molar-refractivity contribution in [3.05, 3.63) is 34.3 Å². The topological polar surface area (TPSA) is 47.3 Å². The van der Waals surface area contributed by atoms with Gasteiger partial charge in [-0.3, -0.25) is 11.3 Å². The number of ether oxygens (including phenoxy) is 1. The highest BCUT2D eigenvalue weighted by atomic mass is 35.5. The van der Waals surface area contributed by atoms with Crippen molar-refractivity contribution in [2.24, 2.45) is 11.8 Å². The molecule has 21 heavy (non-hydrogen) atoms. The minimum Gasteiger partial charge on any atom is -0.374 e. The van der Waals surface area contributed by atoms with Crippen molar-refractivity contribution in [3.63, 3.8) is 0 Å². The molecule has 116 valence electrons. The van der Waals surface area contributed by atoms with Gasteiger partial charge in [0.2, 0.25) is 0 Å². The Hall–Kier alpha value is -0.260. The Morgan fingerprint density at radius 1 is 1.52 bits per heavy atom.